The molecule has 0 bridgehead atoms. The van der Waals surface area contributed by atoms with E-state index in [1.54, 1.807) is 0 Å². The van der Waals surface area contributed by atoms with Gasteiger partial charge in [-0.1, -0.05) is 64.7 Å². The molecular formula is C18H36NNaO4. The quantitative estimate of drug-likeness (QED) is 0.278. The maximum absolute atomic E-state index is 11.6. The number of methoxy groups -OCH3 is 1. The third kappa shape index (κ3) is 16.7. The van der Waals surface area contributed by atoms with Crippen LogP contribution >= 0.6 is 0 Å². The average Bonchev–Trinajstić information content (AvgIpc) is 2.56. The van der Waals surface area contributed by atoms with Crippen LogP contribution in [-0.4, -0.2) is 61.3 Å². The van der Waals surface area contributed by atoms with E-state index in [0.717, 1.165) is 12.8 Å². The second kappa shape index (κ2) is 19.2. The van der Waals surface area contributed by atoms with E-state index in [2.05, 4.69) is 11.7 Å². The van der Waals surface area contributed by atoms with Gasteiger partial charge in [-0.3, -0.25) is 9.59 Å². The summed E-state index contributed by atoms with van der Waals surface area (Å²) in [5.74, 6) is -0.784. The van der Waals surface area contributed by atoms with Crippen molar-refractivity contribution in [2.45, 2.75) is 90.0 Å². The third-order valence-corrected chi connectivity index (χ3v) is 3.93. The Bertz CT molecular complexity index is 313. The summed E-state index contributed by atoms with van der Waals surface area (Å²) in [4.78, 5) is 22.6. The van der Waals surface area contributed by atoms with Gasteiger partial charge >= 0.3 is 41.5 Å². The van der Waals surface area contributed by atoms with Gasteiger partial charge < -0.3 is 15.2 Å². The van der Waals surface area contributed by atoms with E-state index in [0.29, 0.717) is 6.61 Å². The van der Waals surface area contributed by atoms with Crippen LogP contribution in [0.25, 0.3) is 0 Å². The van der Waals surface area contributed by atoms with Gasteiger partial charge in [-0.25, -0.2) is 0 Å². The van der Waals surface area contributed by atoms with E-state index >= 15 is 0 Å². The zero-order valence-electron chi connectivity index (χ0n) is 15.0. The van der Waals surface area contributed by atoms with Crippen molar-refractivity contribution in [3.63, 3.8) is 0 Å². The summed E-state index contributed by atoms with van der Waals surface area (Å²) < 4.78 is 9.63. The van der Waals surface area contributed by atoms with Crippen molar-refractivity contribution in [1.29, 1.82) is 0 Å². The number of hydrogen-bond acceptors (Lipinski definition) is 5. The molecule has 24 heavy (non-hydrogen) atoms. The van der Waals surface area contributed by atoms with Crippen molar-refractivity contribution in [3.8, 4) is 0 Å². The number of esters is 2. The molecule has 0 saturated heterocycles. The Morgan fingerprint density at radius 3 is 1.92 bits per heavy atom. The molecular weight excluding hydrogens is 317 g/mol. The van der Waals surface area contributed by atoms with E-state index in [1.807, 2.05) is 0 Å². The minimum atomic E-state index is -0.739. The Hall–Kier alpha value is -0.100. The molecule has 0 aliphatic rings. The van der Waals surface area contributed by atoms with Crippen LogP contribution in [0.4, 0.5) is 0 Å². The predicted molar refractivity (Wildman–Crippen MR) is 99.2 cm³/mol. The predicted octanol–water partition coefficient (Wildman–Crippen LogP) is 3.08. The van der Waals surface area contributed by atoms with Gasteiger partial charge in [0.05, 0.1) is 13.7 Å². The molecule has 0 spiro atoms. The van der Waals surface area contributed by atoms with Gasteiger partial charge in [0, 0.05) is 6.42 Å². The first-order chi connectivity index (χ1) is 11.1. The van der Waals surface area contributed by atoms with E-state index < -0.39 is 12.0 Å². The fourth-order valence-corrected chi connectivity index (χ4v) is 2.36. The first-order valence-electron chi connectivity index (χ1n) is 9.10. The van der Waals surface area contributed by atoms with Crippen LogP contribution < -0.4 is 5.73 Å². The van der Waals surface area contributed by atoms with Crippen molar-refractivity contribution in [2.75, 3.05) is 13.7 Å². The number of nitrogens with two attached hydrogens (primary N) is 1. The van der Waals surface area contributed by atoms with E-state index in [4.69, 9.17) is 10.5 Å². The minimum absolute atomic E-state index is 0. The van der Waals surface area contributed by atoms with Crippen molar-refractivity contribution in [2.24, 2.45) is 5.73 Å². The molecule has 0 aromatic rings. The van der Waals surface area contributed by atoms with Crippen LogP contribution in [0.1, 0.15) is 84.0 Å². The van der Waals surface area contributed by atoms with Crippen LogP contribution in [0.15, 0.2) is 0 Å². The van der Waals surface area contributed by atoms with Crippen molar-refractivity contribution >= 4 is 41.5 Å². The molecule has 0 amide bonds. The molecule has 0 fully saturated rings. The Labute approximate surface area is 169 Å². The fraction of sp³-hybridized carbons (Fsp3) is 0.889. The van der Waals surface area contributed by atoms with Crippen LogP contribution in [0.5, 0.6) is 0 Å². The maximum atomic E-state index is 11.6. The molecule has 6 heteroatoms. The Morgan fingerprint density at radius 1 is 0.917 bits per heavy atom. The van der Waals surface area contributed by atoms with Crippen LogP contribution in [0.2, 0.25) is 0 Å². The molecule has 0 aromatic heterocycles. The van der Waals surface area contributed by atoms with Gasteiger partial charge in [0.25, 0.3) is 0 Å². The molecule has 0 heterocycles. The summed E-state index contributed by atoms with van der Waals surface area (Å²) in [7, 11) is 1.32. The van der Waals surface area contributed by atoms with E-state index in [-0.39, 0.29) is 48.4 Å². The van der Waals surface area contributed by atoms with Gasteiger partial charge in [-0.15, -0.1) is 0 Å². The fourth-order valence-electron chi connectivity index (χ4n) is 2.36. The molecule has 0 saturated carbocycles. The molecule has 5 nitrogen and oxygen atoms in total. The summed E-state index contributed by atoms with van der Waals surface area (Å²) in [6, 6.07) is -0.739. The Morgan fingerprint density at radius 2 is 1.42 bits per heavy atom. The number of ether oxygens (including phenoxy) is 2. The molecule has 138 valence electrons. The van der Waals surface area contributed by atoms with E-state index in [9.17, 15) is 9.59 Å². The Balaban J connectivity index is 0. The van der Waals surface area contributed by atoms with Gasteiger partial charge in [-0.05, 0) is 12.8 Å². The molecule has 0 unspecified atom stereocenters. The summed E-state index contributed by atoms with van der Waals surface area (Å²) in [6.07, 6.45) is 12.8. The van der Waals surface area contributed by atoms with E-state index in [1.165, 1.54) is 58.5 Å². The molecule has 0 radical (unpaired) electrons. The zero-order valence-corrected chi connectivity index (χ0v) is 15.0. The van der Waals surface area contributed by atoms with Crippen LogP contribution in [-0.2, 0) is 19.1 Å². The van der Waals surface area contributed by atoms with Crippen molar-refractivity contribution in [1.82, 2.24) is 0 Å². The second-order valence-electron chi connectivity index (χ2n) is 6.07. The van der Waals surface area contributed by atoms with Crippen LogP contribution in [0.3, 0.4) is 0 Å². The molecule has 0 rings (SSSR count). The zero-order chi connectivity index (χ0) is 17.3. The molecule has 0 aromatic carbocycles. The van der Waals surface area contributed by atoms with Crippen LogP contribution in [0, 0.1) is 0 Å². The summed E-state index contributed by atoms with van der Waals surface area (Å²) in [5, 5.41) is 0. The first-order valence-corrected chi connectivity index (χ1v) is 9.10. The summed E-state index contributed by atoms with van der Waals surface area (Å²) >= 11 is 0. The Kier molecular flexibility index (Phi) is 20.9. The van der Waals surface area contributed by atoms with Gasteiger partial charge in [0.2, 0.25) is 0 Å². The first kappa shape index (κ1) is 26.1. The molecule has 0 aliphatic carbocycles. The standard InChI is InChI=1S/C18H35NO4.Na.H/c1-3-4-5-6-7-8-9-10-11-12-15-23-18(21)16(19)13-14-17(20)22-2;;/h16H,3-15,19H2,1-2H3;;/t16-;;/m0../s1. The monoisotopic (exact) mass is 353 g/mol. The number of carbonyl (C=O) groups is 2. The number of carbonyl (C=O) groups excluding carboxylic acids is 2. The van der Waals surface area contributed by atoms with Crippen molar-refractivity contribution in [3.05, 3.63) is 0 Å². The SMILES string of the molecule is CCCCCCCCCCCCOC(=O)[C@@H](N)CCC(=O)OC.[NaH]. The molecule has 2 N–H and O–H groups in total. The van der Waals surface area contributed by atoms with Gasteiger partial charge in [-0.2, -0.15) is 0 Å². The molecule has 0 aliphatic heterocycles. The molecule has 1 atom stereocenters. The number of rotatable bonds is 15. The van der Waals surface area contributed by atoms with Crippen molar-refractivity contribution < 1.29 is 19.1 Å². The van der Waals surface area contributed by atoms with Gasteiger partial charge in [0.1, 0.15) is 6.04 Å². The van der Waals surface area contributed by atoms with Gasteiger partial charge in [0.15, 0.2) is 0 Å². The second-order valence-corrected chi connectivity index (χ2v) is 6.07. The number of hydrogen-bond donors (Lipinski definition) is 1. The topological polar surface area (TPSA) is 78.6 Å². The normalized spacial score (nSPS) is 11.5. The third-order valence-electron chi connectivity index (χ3n) is 3.93. The average molecular weight is 353 g/mol. The summed E-state index contributed by atoms with van der Waals surface area (Å²) in [5.41, 5.74) is 5.67. The number of unbranched alkanes of at least 4 members (excludes halogenated alkanes) is 9. The summed E-state index contributed by atoms with van der Waals surface area (Å²) in [6.45, 7) is 2.65.